The minimum Gasteiger partial charge on any atom is -0.383 e. The number of benzene rings is 2. The first-order valence-corrected chi connectivity index (χ1v) is 9.24. The Morgan fingerprint density at radius 3 is 2.43 bits per heavy atom. The molecule has 2 N–H and O–H groups in total. The van der Waals surface area contributed by atoms with Crippen molar-refractivity contribution >= 4 is 10.0 Å². The molecule has 4 nitrogen and oxygen atoms in total. The van der Waals surface area contributed by atoms with E-state index in [2.05, 4.69) is 4.72 Å². The van der Waals surface area contributed by atoms with Gasteiger partial charge in [0, 0.05) is 6.54 Å². The monoisotopic (exact) mass is 331 g/mol. The number of hydrogen-bond acceptors (Lipinski definition) is 3. The molecule has 0 aliphatic heterocycles. The second kappa shape index (κ2) is 6.07. The Hall–Kier alpha value is -1.69. The molecule has 23 heavy (non-hydrogen) atoms. The van der Waals surface area contributed by atoms with Gasteiger partial charge in [-0.1, -0.05) is 42.5 Å². The zero-order chi connectivity index (χ0) is 16.5. The van der Waals surface area contributed by atoms with E-state index in [9.17, 15) is 13.5 Å². The second-order valence-corrected chi connectivity index (χ2v) is 7.97. The van der Waals surface area contributed by atoms with E-state index in [1.165, 1.54) is 0 Å². The lowest BCUT2D eigenvalue weighted by Gasteiger charge is -2.29. The van der Waals surface area contributed by atoms with Crippen LogP contribution < -0.4 is 4.72 Å². The molecule has 122 valence electrons. The summed E-state index contributed by atoms with van der Waals surface area (Å²) in [6.45, 7) is 1.83. The van der Waals surface area contributed by atoms with Crippen LogP contribution in [-0.2, 0) is 15.6 Å². The van der Waals surface area contributed by atoms with Crippen molar-refractivity contribution in [3.05, 3.63) is 65.7 Å². The molecule has 0 saturated heterocycles. The maximum Gasteiger partial charge on any atom is 0.240 e. The number of rotatable bonds is 6. The SMILES string of the molecule is Cc1cccc(S(=O)(=O)NC[C@](O)(c2ccccc2)C2CC2)c1. The Bertz CT molecular complexity index is 785. The van der Waals surface area contributed by atoms with Gasteiger partial charge in [0.05, 0.1) is 4.90 Å². The highest BCUT2D eigenvalue weighted by Crippen LogP contribution is 2.45. The van der Waals surface area contributed by atoms with Crippen molar-refractivity contribution in [2.24, 2.45) is 5.92 Å². The van der Waals surface area contributed by atoms with E-state index < -0.39 is 15.6 Å². The van der Waals surface area contributed by atoms with Crippen LogP contribution in [0, 0.1) is 12.8 Å². The zero-order valence-corrected chi connectivity index (χ0v) is 13.9. The maximum atomic E-state index is 12.5. The van der Waals surface area contributed by atoms with Gasteiger partial charge in [0.15, 0.2) is 0 Å². The van der Waals surface area contributed by atoms with E-state index >= 15 is 0 Å². The topological polar surface area (TPSA) is 66.4 Å². The highest BCUT2D eigenvalue weighted by molar-refractivity contribution is 7.89. The number of nitrogens with one attached hydrogen (secondary N) is 1. The summed E-state index contributed by atoms with van der Waals surface area (Å²) in [7, 11) is -3.64. The van der Waals surface area contributed by atoms with Gasteiger partial charge in [0.25, 0.3) is 0 Å². The van der Waals surface area contributed by atoms with Crippen LogP contribution in [0.4, 0.5) is 0 Å². The van der Waals surface area contributed by atoms with E-state index in [4.69, 9.17) is 0 Å². The zero-order valence-electron chi connectivity index (χ0n) is 13.1. The van der Waals surface area contributed by atoms with Gasteiger partial charge >= 0.3 is 0 Å². The standard InChI is InChI=1S/C18H21NO3S/c1-14-6-5-9-17(12-14)23(21,22)19-13-18(20,16-10-11-16)15-7-3-2-4-8-15/h2-9,12,16,19-20H,10-11,13H2,1H3/t18-/m0/s1. The van der Waals surface area contributed by atoms with Crippen molar-refractivity contribution in [2.45, 2.75) is 30.3 Å². The summed E-state index contributed by atoms with van der Waals surface area (Å²) in [5.74, 6) is 0.102. The van der Waals surface area contributed by atoms with Crippen molar-refractivity contribution < 1.29 is 13.5 Å². The Kier molecular flexibility index (Phi) is 4.27. The fourth-order valence-electron chi connectivity index (χ4n) is 2.84. The maximum absolute atomic E-state index is 12.5. The number of hydrogen-bond donors (Lipinski definition) is 2. The molecular weight excluding hydrogens is 310 g/mol. The van der Waals surface area contributed by atoms with Gasteiger partial charge in [-0.15, -0.1) is 0 Å². The van der Waals surface area contributed by atoms with E-state index in [1.807, 2.05) is 43.3 Å². The molecule has 0 amide bonds. The van der Waals surface area contributed by atoms with Crippen molar-refractivity contribution in [2.75, 3.05) is 6.54 Å². The average molecular weight is 331 g/mol. The van der Waals surface area contributed by atoms with Gasteiger partial charge in [-0.3, -0.25) is 0 Å². The van der Waals surface area contributed by atoms with Crippen molar-refractivity contribution in [3.63, 3.8) is 0 Å². The van der Waals surface area contributed by atoms with Crippen molar-refractivity contribution in [1.29, 1.82) is 0 Å². The molecule has 0 bridgehead atoms. The van der Waals surface area contributed by atoms with Crippen LogP contribution >= 0.6 is 0 Å². The second-order valence-electron chi connectivity index (χ2n) is 6.21. The molecule has 2 aromatic carbocycles. The summed E-state index contributed by atoms with van der Waals surface area (Å²) in [5.41, 5.74) is 0.487. The Morgan fingerprint density at radius 1 is 1.13 bits per heavy atom. The van der Waals surface area contributed by atoms with Gasteiger partial charge in [-0.05, 0) is 48.9 Å². The van der Waals surface area contributed by atoms with Crippen LogP contribution in [0.25, 0.3) is 0 Å². The normalized spacial score (nSPS) is 17.7. The summed E-state index contributed by atoms with van der Waals surface area (Å²) in [6.07, 6.45) is 1.83. The van der Waals surface area contributed by atoms with E-state index in [-0.39, 0.29) is 17.4 Å². The summed E-state index contributed by atoms with van der Waals surface area (Å²) >= 11 is 0. The molecule has 0 aromatic heterocycles. The first kappa shape index (κ1) is 16.2. The molecule has 1 aliphatic rings. The molecule has 0 unspecified atom stereocenters. The average Bonchev–Trinajstić information content (AvgIpc) is 3.39. The molecule has 3 rings (SSSR count). The lowest BCUT2D eigenvalue weighted by atomic mass is 9.89. The molecule has 2 aromatic rings. The number of aryl methyl sites for hydroxylation is 1. The highest BCUT2D eigenvalue weighted by Gasteiger charge is 2.45. The minimum absolute atomic E-state index is 0.0159. The van der Waals surface area contributed by atoms with Crippen LogP contribution in [-0.4, -0.2) is 20.1 Å². The molecular formula is C18H21NO3S. The molecule has 1 atom stereocenters. The third-order valence-electron chi connectivity index (χ3n) is 4.36. The van der Waals surface area contributed by atoms with E-state index in [0.29, 0.717) is 0 Å². The van der Waals surface area contributed by atoms with Gasteiger partial charge in [0.1, 0.15) is 5.60 Å². The third-order valence-corrected chi connectivity index (χ3v) is 5.76. The fraction of sp³-hybridized carbons (Fsp3) is 0.333. The first-order chi connectivity index (χ1) is 10.9. The van der Waals surface area contributed by atoms with Crippen molar-refractivity contribution in [3.8, 4) is 0 Å². The quantitative estimate of drug-likeness (QED) is 0.855. The summed E-state index contributed by atoms with van der Waals surface area (Å²) in [4.78, 5) is 0.226. The minimum atomic E-state index is -3.64. The lowest BCUT2D eigenvalue weighted by Crippen LogP contribution is -2.42. The van der Waals surface area contributed by atoms with Crippen LogP contribution in [0.5, 0.6) is 0 Å². The Balaban J connectivity index is 1.82. The fourth-order valence-corrected chi connectivity index (χ4v) is 4.02. The smallest absolute Gasteiger partial charge is 0.240 e. The largest absolute Gasteiger partial charge is 0.383 e. The molecule has 5 heteroatoms. The molecule has 0 heterocycles. The van der Waals surface area contributed by atoms with Crippen LogP contribution in [0.1, 0.15) is 24.0 Å². The Labute approximate surface area is 137 Å². The highest BCUT2D eigenvalue weighted by atomic mass is 32.2. The molecule has 1 saturated carbocycles. The molecule has 1 aliphatic carbocycles. The molecule has 0 radical (unpaired) electrons. The van der Waals surface area contributed by atoms with Gasteiger partial charge in [0.2, 0.25) is 10.0 Å². The van der Waals surface area contributed by atoms with E-state index in [1.54, 1.807) is 18.2 Å². The predicted molar refractivity (Wildman–Crippen MR) is 89.4 cm³/mol. The van der Waals surface area contributed by atoms with Gasteiger partial charge < -0.3 is 5.11 Å². The van der Waals surface area contributed by atoms with Crippen molar-refractivity contribution in [1.82, 2.24) is 4.72 Å². The lowest BCUT2D eigenvalue weighted by molar-refractivity contribution is 0.0185. The van der Waals surface area contributed by atoms with Gasteiger partial charge in [-0.2, -0.15) is 0 Å². The molecule has 1 fully saturated rings. The molecule has 0 spiro atoms. The first-order valence-electron chi connectivity index (χ1n) is 7.76. The Morgan fingerprint density at radius 2 is 1.83 bits per heavy atom. The van der Waals surface area contributed by atoms with E-state index in [0.717, 1.165) is 24.0 Å². The third kappa shape index (κ3) is 3.47. The summed E-state index contributed by atoms with van der Waals surface area (Å²) in [5, 5.41) is 11.1. The summed E-state index contributed by atoms with van der Waals surface area (Å²) in [6, 6.07) is 16.1. The summed E-state index contributed by atoms with van der Waals surface area (Å²) < 4.78 is 27.6. The van der Waals surface area contributed by atoms with Crippen LogP contribution in [0.15, 0.2) is 59.5 Å². The van der Waals surface area contributed by atoms with Gasteiger partial charge in [-0.25, -0.2) is 13.1 Å². The predicted octanol–water partition coefficient (Wildman–Crippen LogP) is 2.57. The van der Waals surface area contributed by atoms with Crippen LogP contribution in [0.2, 0.25) is 0 Å². The van der Waals surface area contributed by atoms with Crippen LogP contribution in [0.3, 0.4) is 0 Å². The number of aliphatic hydroxyl groups is 1. The number of sulfonamides is 1.